The number of rotatable bonds is 7. The van der Waals surface area contributed by atoms with Gasteiger partial charge in [-0.15, -0.1) is 0 Å². The van der Waals surface area contributed by atoms with Gasteiger partial charge in [-0.3, -0.25) is 0 Å². The molecule has 0 unspecified atom stereocenters. The first-order chi connectivity index (χ1) is 37.7. The summed E-state index contributed by atoms with van der Waals surface area (Å²) >= 11 is 0. The minimum atomic E-state index is -0.110. The predicted octanol–water partition coefficient (Wildman–Crippen LogP) is 19.3. The van der Waals surface area contributed by atoms with Crippen LogP contribution in [0.3, 0.4) is 0 Å². The summed E-state index contributed by atoms with van der Waals surface area (Å²) in [6, 6.07) is 85.3. The van der Waals surface area contributed by atoms with Crippen molar-refractivity contribution >= 4 is 57.2 Å². The topological polar surface area (TPSA) is 6.48 Å². The molecular weight excluding hydrogens is 952 g/mol. The first-order valence-electron chi connectivity index (χ1n) is 28.4. The molecule has 0 radical (unpaired) electrons. The highest BCUT2D eigenvalue weighted by Gasteiger charge is 2.45. The summed E-state index contributed by atoms with van der Waals surface area (Å²) in [5.41, 5.74) is 27.9. The molecular formula is C76H73BN2. The second kappa shape index (κ2) is 19.3. The van der Waals surface area contributed by atoms with Gasteiger partial charge in [0.2, 0.25) is 0 Å². The number of hydrogen-bond donors (Lipinski definition) is 0. The molecule has 0 spiro atoms. The molecule has 10 aromatic rings. The lowest BCUT2D eigenvalue weighted by Crippen LogP contribution is -2.61. The average molecular weight is 1030 g/mol. The van der Waals surface area contributed by atoms with Gasteiger partial charge in [-0.25, -0.2) is 0 Å². The fourth-order valence-corrected chi connectivity index (χ4v) is 12.2. The van der Waals surface area contributed by atoms with Crippen LogP contribution in [-0.2, 0) is 21.7 Å². The molecule has 0 fully saturated rings. The lowest BCUT2D eigenvalue weighted by atomic mass is 9.33. The maximum Gasteiger partial charge on any atom is 0.252 e. The molecule has 2 aliphatic heterocycles. The van der Waals surface area contributed by atoms with E-state index >= 15 is 0 Å². The van der Waals surface area contributed by atoms with Crippen molar-refractivity contribution < 1.29 is 0 Å². The second-order valence-corrected chi connectivity index (χ2v) is 26.3. The molecule has 0 aromatic heterocycles. The third-order valence-electron chi connectivity index (χ3n) is 16.6. The van der Waals surface area contributed by atoms with Crippen molar-refractivity contribution in [2.75, 3.05) is 9.80 Å². The highest BCUT2D eigenvalue weighted by molar-refractivity contribution is 7.00. The monoisotopic (exact) mass is 1020 g/mol. The van der Waals surface area contributed by atoms with Crippen molar-refractivity contribution in [3.8, 4) is 55.6 Å². The maximum absolute atomic E-state index is 2.65. The van der Waals surface area contributed by atoms with E-state index in [1.54, 1.807) is 0 Å². The van der Waals surface area contributed by atoms with E-state index in [2.05, 4.69) is 317 Å². The molecule has 79 heavy (non-hydrogen) atoms. The van der Waals surface area contributed by atoms with Crippen molar-refractivity contribution in [1.82, 2.24) is 0 Å². The molecule has 3 heteroatoms. The van der Waals surface area contributed by atoms with Crippen molar-refractivity contribution in [3.63, 3.8) is 0 Å². The fourth-order valence-electron chi connectivity index (χ4n) is 12.2. The van der Waals surface area contributed by atoms with Crippen molar-refractivity contribution in [1.29, 1.82) is 0 Å². The fraction of sp³-hybridized carbons (Fsp3) is 0.211. The van der Waals surface area contributed by atoms with Crippen LogP contribution >= 0.6 is 0 Å². The zero-order valence-electron chi connectivity index (χ0n) is 48.3. The number of anilines is 6. The van der Waals surface area contributed by atoms with Crippen LogP contribution in [-0.4, -0.2) is 6.71 Å². The van der Waals surface area contributed by atoms with Crippen LogP contribution in [0, 0.1) is 0 Å². The Hall–Kier alpha value is -8.14. The molecule has 0 N–H and O–H groups in total. The quantitative estimate of drug-likeness (QED) is 0.147. The number of hydrogen-bond acceptors (Lipinski definition) is 2. The van der Waals surface area contributed by atoms with E-state index in [0.717, 1.165) is 0 Å². The first kappa shape index (κ1) is 51.6. The van der Waals surface area contributed by atoms with Crippen LogP contribution in [0.2, 0.25) is 0 Å². The van der Waals surface area contributed by atoms with Gasteiger partial charge in [0.05, 0.1) is 0 Å². The number of fused-ring (bicyclic) bond motifs is 4. The molecule has 2 aliphatic rings. The molecule has 0 amide bonds. The van der Waals surface area contributed by atoms with Gasteiger partial charge in [0.15, 0.2) is 0 Å². The van der Waals surface area contributed by atoms with Crippen molar-refractivity contribution in [2.45, 2.75) is 105 Å². The SMILES string of the molecule is CC(C)(C)c1cc(N2c3ccccc3B3c4cc(-c5ccccc5-c5ccccc5)ccc4N(c4cc(C(C)(C)C)cc(C(C)(C)C)c4)c4cc(-c5c(-c6ccccc6)cccc5-c5ccccc5)cc2c43)cc(C(C)(C)C)c1. The molecule has 10 aromatic carbocycles. The van der Waals surface area contributed by atoms with E-state index < -0.39 is 0 Å². The van der Waals surface area contributed by atoms with Gasteiger partial charge in [0.1, 0.15) is 0 Å². The first-order valence-corrected chi connectivity index (χ1v) is 28.4. The third-order valence-corrected chi connectivity index (χ3v) is 16.6. The van der Waals surface area contributed by atoms with Gasteiger partial charge in [-0.05, 0) is 164 Å². The van der Waals surface area contributed by atoms with Gasteiger partial charge >= 0.3 is 0 Å². The molecule has 2 nitrogen and oxygen atoms in total. The summed E-state index contributed by atoms with van der Waals surface area (Å²) in [6.07, 6.45) is 0. The normalized spacial score (nSPS) is 13.2. The maximum atomic E-state index is 2.65. The van der Waals surface area contributed by atoms with Crippen molar-refractivity contribution in [3.05, 3.63) is 247 Å². The van der Waals surface area contributed by atoms with Gasteiger partial charge in [-0.2, -0.15) is 0 Å². The van der Waals surface area contributed by atoms with Gasteiger partial charge in [0, 0.05) is 34.1 Å². The Morgan fingerprint density at radius 2 is 0.633 bits per heavy atom. The summed E-state index contributed by atoms with van der Waals surface area (Å²) < 4.78 is 0. The highest BCUT2D eigenvalue weighted by atomic mass is 15.2. The predicted molar refractivity (Wildman–Crippen MR) is 342 cm³/mol. The van der Waals surface area contributed by atoms with E-state index in [1.165, 1.54) is 128 Å². The zero-order valence-corrected chi connectivity index (χ0v) is 48.3. The molecule has 0 saturated heterocycles. The van der Waals surface area contributed by atoms with Crippen LogP contribution < -0.4 is 26.2 Å². The summed E-state index contributed by atoms with van der Waals surface area (Å²) in [7, 11) is 0. The minimum absolute atomic E-state index is 0.0969. The van der Waals surface area contributed by atoms with Crippen LogP contribution in [0.15, 0.2) is 224 Å². The summed E-state index contributed by atoms with van der Waals surface area (Å²) in [4.78, 5) is 5.28. The van der Waals surface area contributed by atoms with Gasteiger partial charge < -0.3 is 9.80 Å². The van der Waals surface area contributed by atoms with E-state index in [0.29, 0.717) is 0 Å². The summed E-state index contributed by atoms with van der Waals surface area (Å²) in [5.74, 6) is 0. The molecule has 2 heterocycles. The lowest BCUT2D eigenvalue weighted by molar-refractivity contribution is 0.568. The Kier molecular flexibility index (Phi) is 12.6. The Bertz CT molecular complexity index is 3800. The Balaban J connectivity index is 1.26. The van der Waals surface area contributed by atoms with Gasteiger partial charge in [-0.1, -0.05) is 259 Å². The smallest absolute Gasteiger partial charge is 0.252 e. The van der Waals surface area contributed by atoms with E-state index in [4.69, 9.17) is 0 Å². The lowest BCUT2D eigenvalue weighted by Gasteiger charge is -2.45. The average Bonchev–Trinajstić information content (AvgIpc) is 3.52. The van der Waals surface area contributed by atoms with E-state index in [-0.39, 0.29) is 28.4 Å². The van der Waals surface area contributed by atoms with Crippen LogP contribution in [0.4, 0.5) is 34.1 Å². The van der Waals surface area contributed by atoms with E-state index in [1.807, 2.05) is 0 Å². The molecule has 0 aliphatic carbocycles. The van der Waals surface area contributed by atoms with Crippen LogP contribution in [0.5, 0.6) is 0 Å². The van der Waals surface area contributed by atoms with Crippen LogP contribution in [0.1, 0.15) is 105 Å². The second-order valence-electron chi connectivity index (χ2n) is 26.3. The van der Waals surface area contributed by atoms with E-state index in [9.17, 15) is 0 Å². The third kappa shape index (κ3) is 9.42. The molecule has 0 saturated carbocycles. The largest absolute Gasteiger partial charge is 0.311 e. The summed E-state index contributed by atoms with van der Waals surface area (Å²) in [5, 5.41) is 0. The number of nitrogens with zero attached hydrogens (tertiary/aromatic N) is 2. The molecule has 0 atom stereocenters. The zero-order chi connectivity index (χ0) is 55.2. The Morgan fingerprint density at radius 1 is 0.266 bits per heavy atom. The standard InChI is InChI=1S/C76H73BN2/c1-73(2,3)55-44-56(74(4,5)6)47-59(46-55)78-67-38-25-24-37-65(67)77-66-41-53(62-34-23-22-33-61(62)50-27-16-13-17-28-50)39-40-68(66)79(60-48-57(75(7,8)9)45-58(49-60)76(10,11)12)70-43-54(42-69(78)72(70)77)71-63(51-29-18-14-19-30-51)35-26-36-64(71)52-31-20-15-21-32-52/h13-49H,1-12H3. The van der Waals surface area contributed by atoms with Gasteiger partial charge in [0.25, 0.3) is 6.71 Å². The summed E-state index contributed by atoms with van der Waals surface area (Å²) in [6.45, 7) is 28.2. The van der Waals surface area contributed by atoms with Crippen molar-refractivity contribution in [2.24, 2.45) is 0 Å². The molecule has 12 rings (SSSR count). The minimum Gasteiger partial charge on any atom is -0.311 e. The number of para-hydroxylation sites is 1. The highest BCUT2D eigenvalue weighted by Crippen LogP contribution is 2.51. The molecule has 390 valence electrons. The van der Waals surface area contributed by atoms with Crippen LogP contribution in [0.25, 0.3) is 55.6 Å². The Labute approximate surface area is 471 Å². The Morgan fingerprint density at radius 3 is 1.08 bits per heavy atom. The molecule has 0 bridgehead atoms. The number of benzene rings is 10.